The second-order valence-corrected chi connectivity index (χ2v) is 7.87. The third-order valence-electron chi connectivity index (χ3n) is 5.66. The van der Waals surface area contributed by atoms with Gasteiger partial charge >= 0.3 is 0 Å². The summed E-state index contributed by atoms with van der Waals surface area (Å²) < 4.78 is 0. The Labute approximate surface area is 161 Å². The van der Waals surface area contributed by atoms with E-state index in [9.17, 15) is 5.26 Å². The van der Waals surface area contributed by atoms with Crippen molar-refractivity contribution in [2.75, 3.05) is 27.2 Å². The van der Waals surface area contributed by atoms with Crippen molar-refractivity contribution in [2.45, 2.75) is 31.3 Å². The van der Waals surface area contributed by atoms with Crippen LogP contribution in [-0.4, -0.2) is 42.5 Å². The molecule has 3 rings (SSSR count). The highest BCUT2D eigenvalue weighted by atomic mass is 35.5. The van der Waals surface area contributed by atoms with Gasteiger partial charge in [0.15, 0.2) is 0 Å². The molecule has 4 heteroatoms. The molecule has 0 radical (unpaired) electrons. The third-order valence-corrected chi connectivity index (χ3v) is 5.90. The standard InChI is InChI=1S/C22H26ClN3/c1-25(2)22(10-13-24)11-14-26(15-12-22)17-18-6-8-19(9-7-18)20-4-3-5-21(23)16-20/h3-9,16H,10-12,14-15,17H2,1-2H3. The quantitative estimate of drug-likeness (QED) is 0.759. The van der Waals surface area contributed by atoms with Crippen LogP contribution in [0.5, 0.6) is 0 Å². The van der Waals surface area contributed by atoms with Gasteiger partial charge in [-0.25, -0.2) is 0 Å². The Hall–Kier alpha value is -1.86. The van der Waals surface area contributed by atoms with Gasteiger partial charge in [-0.2, -0.15) is 5.26 Å². The summed E-state index contributed by atoms with van der Waals surface area (Å²) in [6.07, 6.45) is 2.71. The highest BCUT2D eigenvalue weighted by molar-refractivity contribution is 6.30. The van der Waals surface area contributed by atoms with Crippen LogP contribution in [0.3, 0.4) is 0 Å². The molecule has 2 aromatic rings. The van der Waals surface area contributed by atoms with Gasteiger partial charge in [-0.3, -0.25) is 4.90 Å². The Kier molecular flexibility index (Phi) is 5.98. The molecule has 0 aliphatic carbocycles. The van der Waals surface area contributed by atoms with Crippen LogP contribution >= 0.6 is 11.6 Å². The zero-order valence-electron chi connectivity index (χ0n) is 15.6. The molecule has 0 aromatic heterocycles. The van der Waals surface area contributed by atoms with Crippen LogP contribution in [0.4, 0.5) is 0 Å². The molecule has 0 N–H and O–H groups in total. The minimum Gasteiger partial charge on any atom is -0.303 e. The van der Waals surface area contributed by atoms with E-state index >= 15 is 0 Å². The van der Waals surface area contributed by atoms with E-state index in [-0.39, 0.29) is 5.54 Å². The van der Waals surface area contributed by atoms with Crippen molar-refractivity contribution in [3.8, 4) is 17.2 Å². The molecule has 1 aliphatic heterocycles. The number of nitrogens with zero attached hydrogens (tertiary/aromatic N) is 3. The van der Waals surface area contributed by atoms with E-state index in [1.54, 1.807) is 0 Å². The van der Waals surface area contributed by atoms with Crippen LogP contribution in [-0.2, 0) is 6.54 Å². The van der Waals surface area contributed by atoms with Gasteiger partial charge in [-0.1, -0.05) is 48.0 Å². The SMILES string of the molecule is CN(C)C1(CC#N)CCN(Cc2ccc(-c3cccc(Cl)c3)cc2)CC1. The molecular formula is C22H26ClN3. The molecule has 1 saturated heterocycles. The van der Waals surface area contributed by atoms with Gasteiger partial charge < -0.3 is 4.90 Å². The van der Waals surface area contributed by atoms with Crippen molar-refractivity contribution >= 4 is 11.6 Å². The molecule has 1 fully saturated rings. The lowest BCUT2D eigenvalue weighted by Crippen LogP contribution is -2.52. The van der Waals surface area contributed by atoms with Crippen LogP contribution in [0, 0.1) is 11.3 Å². The summed E-state index contributed by atoms with van der Waals surface area (Å²) in [7, 11) is 4.20. The van der Waals surface area contributed by atoms with E-state index in [0.717, 1.165) is 43.1 Å². The number of hydrogen-bond acceptors (Lipinski definition) is 3. The average molecular weight is 368 g/mol. The highest BCUT2D eigenvalue weighted by Crippen LogP contribution is 2.31. The van der Waals surface area contributed by atoms with Gasteiger partial charge in [0.25, 0.3) is 0 Å². The maximum atomic E-state index is 9.17. The second-order valence-electron chi connectivity index (χ2n) is 7.44. The predicted octanol–water partition coefficient (Wildman–Crippen LogP) is 4.82. The van der Waals surface area contributed by atoms with Gasteiger partial charge in [0.2, 0.25) is 0 Å². The maximum absolute atomic E-state index is 9.17. The first kappa shape index (κ1) is 18.9. The first-order chi connectivity index (χ1) is 12.5. The van der Waals surface area contributed by atoms with Crippen molar-refractivity contribution < 1.29 is 0 Å². The highest BCUT2D eigenvalue weighted by Gasteiger charge is 2.36. The van der Waals surface area contributed by atoms with Crippen LogP contribution in [0.2, 0.25) is 5.02 Å². The summed E-state index contributed by atoms with van der Waals surface area (Å²) in [6, 6.07) is 19.1. The van der Waals surface area contributed by atoms with Gasteiger partial charge in [-0.05, 0) is 55.8 Å². The van der Waals surface area contributed by atoms with E-state index < -0.39 is 0 Å². The fourth-order valence-electron chi connectivity index (χ4n) is 3.79. The van der Waals surface area contributed by atoms with Crippen LogP contribution in [0.25, 0.3) is 11.1 Å². The molecule has 0 bridgehead atoms. The monoisotopic (exact) mass is 367 g/mol. The summed E-state index contributed by atoms with van der Waals surface area (Å²) in [5.41, 5.74) is 3.71. The Morgan fingerprint density at radius 2 is 1.77 bits per heavy atom. The number of likely N-dealkylation sites (tertiary alicyclic amines) is 1. The topological polar surface area (TPSA) is 30.3 Å². The summed E-state index contributed by atoms with van der Waals surface area (Å²) >= 11 is 6.09. The van der Waals surface area contributed by atoms with Crippen molar-refractivity contribution in [1.29, 1.82) is 5.26 Å². The van der Waals surface area contributed by atoms with Crippen molar-refractivity contribution in [3.63, 3.8) is 0 Å². The second kappa shape index (κ2) is 8.22. The summed E-state index contributed by atoms with van der Waals surface area (Å²) in [6.45, 7) is 3.04. The van der Waals surface area contributed by atoms with Crippen molar-refractivity contribution in [3.05, 3.63) is 59.1 Å². The average Bonchev–Trinajstić information content (AvgIpc) is 2.64. The summed E-state index contributed by atoms with van der Waals surface area (Å²) in [4.78, 5) is 4.74. The number of nitriles is 1. The molecule has 1 aliphatic rings. The summed E-state index contributed by atoms with van der Waals surface area (Å²) in [5.74, 6) is 0. The Bertz CT molecular complexity index is 769. The van der Waals surface area contributed by atoms with Crippen LogP contribution < -0.4 is 0 Å². The number of hydrogen-bond donors (Lipinski definition) is 0. The molecule has 0 saturated carbocycles. The van der Waals surface area contributed by atoms with Crippen LogP contribution in [0.1, 0.15) is 24.8 Å². The first-order valence-electron chi connectivity index (χ1n) is 9.14. The first-order valence-corrected chi connectivity index (χ1v) is 9.52. The zero-order chi connectivity index (χ0) is 18.6. The third kappa shape index (κ3) is 4.27. The fraction of sp³-hybridized carbons (Fsp3) is 0.409. The number of benzene rings is 2. The largest absolute Gasteiger partial charge is 0.303 e. The smallest absolute Gasteiger partial charge is 0.0641 e. The van der Waals surface area contributed by atoms with E-state index in [0.29, 0.717) is 6.42 Å². The molecule has 3 nitrogen and oxygen atoms in total. The molecule has 1 heterocycles. The molecule has 136 valence electrons. The van der Waals surface area contributed by atoms with Gasteiger partial charge in [0, 0.05) is 30.2 Å². The van der Waals surface area contributed by atoms with Gasteiger partial charge in [-0.15, -0.1) is 0 Å². The Morgan fingerprint density at radius 1 is 1.08 bits per heavy atom. The molecule has 0 spiro atoms. The van der Waals surface area contributed by atoms with Gasteiger partial charge in [0.1, 0.15) is 0 Å². The van der Waals surface area contributed by atoms with Crippen molar-refractivity contribution in [1.82, 2.24) is 9.80 Å². The lowest BCUT2D eigenvalue weighted by atomic mass is 9.83. The zero-order valence-corrected chi connectivity index (χ0v) is 16.3. The molecular weight excluding hydrogens is 342 g/mol. The molecule has 2 aromatic carbocycles. The molecule has 0 atom stereocenters. The number of piperidine rings is 1. The minimum absolute atomic E-state index is 0.0433. The molecule has 0 unspecified atom stereocenters. The fourth-order valence-corrected chi connectivity index (χ4v) is 3.98. The summed E-state index contributed by atoms with van der Waals surface area (Å²) in [5, 5.41) is 9.94. The van der Waals surface area contributed by atoms with Gasteiger partial charge in [0.05, 0.1) is 12.5 Å². The lowest BCUT2D eigenvalue weighted by Gasteiger charge is -2.45. The van der Waals surface area contributed by atoms with E-state index in [1.807, 2.05) is 18.2 Å². The molecule has 26 heavy (non-hydrogen) atoms. The molecule has 0 amide bonds. The minimum atomic E-state index is 0.0433. The number of halogens is 1. The normalized spacial score (nSPS) is 17.2. The van der Waals surface area contributed by atoms with E-state index in [2.05, 4.69) is 60.3 Å². The lowest BCUT2D eigenvalue weighted by molar-refractivity contribution is 0.0566. The van der Waals surface area contributed by atoms with Crippen molar-refractivity contribution in [2.24, 2.45) is 0 Å². The Morgan fingerprint density at radius 3 is 2.35 bits per heavy atom. The Balaban J connectivity index is 1.61. The van der Waals surface area contributed by atoms with E-state index in [1.165, 1.54) is 11.1 Å². The predicted molar refractivity (Wildman–Crippen MR) is 108 cm³/mol. The van der Waals surface area contributed by atoms with E-state index in [4.69, 9.17) is 11.6 Å². The maximum Gasteiger partial charge on any atom is 0.0641 e. The number of rotatable bonds is 5. The van der Waals surface area contributed by atoms with Crippen LogP contribution in [0.15, 0.2) is 48.5 Å².